The lowest BCUT2D eigenvalue weighted by Gasteiger charge is -2.26. The number of hydrogen-bond acceptors (Lipinski definition) is 6. The second kappa shape index (κ2) is 8.03. The molecule has 28 heavy (non-hydrogen) atoms. The fourth-order valence-electron chi connectivity index (χ4n) is 3.17. The molecule has 0 radical (unpaired) electrons. The van der Waals surface area contributed by atoms with Crippen LogP contribution in [0.5, 0.6) is 11.5 Å². The standard InChI is InChI=1S/C19H20N4O5/c1-27-14-6-5-12(10-15(14)28-2)7-9-22-18(25)13-4-3-8-21-17(13)23(19(22)26)11-16(20)24/h3-6,8,10,13H,7,9,11H2,1-2H3,(H-,20,24)/p+1. The molecular weight excluding hydrogens is 364 g/mol. The Bertz CT molecular complexity index is 919. The van der Waals surface area contributed by atoms with Crippen LogP contribution in [0, 0.1) is 5.92 Å². The van der Waals surface area contributed by atoms with E-state index in [1.807, 2.05) is 6.07 Å². The van der Waals surface area contributed by atoms with Gasteiger partial charge in [-0.05, 0) is 23.8 Å². The number of benzene rings is 1. The van der Waals surface area contributed by atoms with Crippen molar-refractivity contribution in [3.8, 4) is 11.5 Å². The molecule has 9 heteroatoms. The number of amides is 4. The zero-order valence-corrected chi connectivity index (χ0v) is 15.6. The fraction of sp³-hybridized carbons (Fsp3) is 0.316. The van der Waals surface area contributed by atoms with Crippen LogP contribution in [-0.2, 0) is 16.0 Å². The highest BCUT2D eigenvalue weighted by atomic mass is 16.5. The molecule has 0 saturated carbocycles. The number of carbonyl (C=O) groups excluding carboxylic acids is 3. The minimum Gasteiger partial charge on any atom is -0.493 e. The Labute approximate surface area is 161 Å². The first-order chi connectivity index (χ1) is 13.5. The van der Waals surface area contributed by atoms with E-state index in [0.717, 1.165) is 15.0 Å². The smallest absolute Gasteiger partial charge is 0.446 e. The van der Waals surface area contributed by atoms with E-state index in [1.54, 1.807) is 31.4 Å². The molecule has 3 rings (SSSR count). The summed E-state index contributed by atoms with van der Waals surface area (Å²) in [7, 11) is 3.08. The highest BCUT2D eigenvalue weighted by Gasteiger charge is 2.46. The van der Waals surface area contributed by atoms with Crippen molar-refractivity contribution in [1.82, 2.24) is 4.90 Å². The molecule has 0 aromatic heterocycles. The van der Waals surface area contributed by atoms with Gasteiger partial charge in [-0.3, -0.25) is 9.59 Å². The number of rotatable bonds is 7. The van der Waals surface area contributed by atoms with Gasteiger partial charge in [-0.25, -0.2) is 4.79 Å². The SMILES string of the molecule is COc1ccc(CCN2C(=O)C3C=CC=NC3=[N+](CC(N)=O)C2=O)cc1OC. The summed E-state index contributed by atoms with van der Waals surface area (Å²) in [5.41, 5.74) is 6.13. The Morgan fingerprint density at radius 2 is 2.00 bits per heavy atom. The number of primary amides is 1. The van der Waals surface area contributed by atoms with E-state index in [4.69, 9.17) is 15.2 Å². The molecule has 0 aliphatic carbocycles. The molecule has 2 heterocycles. The monoisotopic (exact) mass is 385 g/mol. The van der Waals surface area contributed by atoms with Crippen LogP contribution in [0.25, 0.3) is 0 Å². The van der Waals surface area contributed by atoms with Gasteiger partial charge in [-0.2, -0.15) is 9.48 Å². The Morgan fingerprint density at radius 3 is 2.68 bits per heavy atom. The molecule has 2 aliphatic heterocycles. The number of carbonyl (C=O) groups is 3. The van der Waals surface area contributed by atoms with Crippen molar-refractivity contribution in [2.75, 3.05) is 27.3 Å². The van der Waals surface area contributed by atoms with E-state index >= 15 is 0 Å². The Hall–Kier alpha value is -3.49. The molecule has 146 valence electrons. The molecule has 1 unspecified atom stereocenters. The van der Waals surface area contributed by atoms with Crippen molar-refractivity contribution < 1.29 is 28.4 Å². The van der Waals surface area contributed by atoms with Gasteiger partial charge < -0.3 is 15.2 Å². The van der Waals surface area contributed by atoms with Gasteiger partial charge in [0.1, 0.15) is 6.21 Å². The summed E-state index contributed by atoms with van der Waals surface area (Å²) in [5, 5.41) is 0. The van der Waals surface area contributed by atoms with Crippen LogP contribution < -0.4 is 15.2 Å². The molecule has 1 aromatic rings. The van der Waals surface area contributed by atoms with Crippen LogP contribution in [0.1, 0.15) is 5.56 Å². The summed E-state index contributed by atoms with van der Waals surface area (Å²) >= 11 is 0. The number of imide groups is 1. The third kappa shape index (κ3) is 3.64. The molecular formula is C19H21N4O5+. The predicted molar refractivity (Wildman–Crippen MR) is 101 cm³/mol. The molecule has 0 fully saturated rings. The third-order valence-corrected chi connectivity index (χ3v) is 4.53. The van der Waals surface area contributed by atoms with E-state index in [0.29, 0.717) is 17.9 Å². The summed E-state index contributed by atoms with van der Waals surface area (Å²) < 4.78 is 11.6. The second-order valence-corrected chi connectivity index (χ2v) is 6.26. The van der Waals surface area contributed by atoms with Gasteiger partial charge in [0.25, 0.3) is 11.7 Å². The maximum Gasteiger partial charge on any atom is 0.446 e. The van der Waals surface area contributed by atoms with Crippen molar-refractivity contribution in [1.29, 1.82) is 0 Å². The highest BCUT2D eigenvalue weighted by molar-refractivity contribution is 6.15. The summed E-state index contributed by atoms with van der Waals surface area (Å²) in [6, 6.07) is 4.78. The van der Waals surface area contributed by atoms with Crippen LogP contribution >= 0.6 is 0 Å². The van der Waals surface area contributed by atoms with E-state index in [-0.39, 0.29) is 24.8 Å². The average molecular weight is 385 g/mol. The van der Waals surface area contributed by atoms with Crippen LogP contribution in [0.3, 0.4) is 0 Å². The van der Waals surface area contributed by atoms with Gasteiger partial charge in [0, 0.05) is 6.42 Å². The van der Waals surface area contributed by atoms with Gasteiger partial charge in [-0.1, -0.05) is 12.1 Å². The number of hydrogen-bond donors (Lipinski definition) is 1. The minimum atomic E-state index is -0.715. The van der Waals surface area contributed by atoms with Gasteiger partial charge in [0.2, 0.25) is 0 Å². The van der Waals surface area contributed by atoms with Crippen molar-refractivity contribution in [2.45, 2.75) is 6.42 Å². The maximum atomic E-state index is 12.8. The fourth-order valence-corrected chi connectivity index (χ4v) is 3.17. The van der Waals surface area contributed by atoms with Crippen LogP contribution in [-0.4, -0.2) is 66.7 Å². The zero-order valence-electron chi connectivity index (χ0n) is 15.6. The Morgan fingerprint density at radius 1 is 1.25 bits per heavy atom. The quantitative estimate of drug-likeness (QED) is 0.681. The number of amidine groups is 1. The summed E-state index contributed by atoms with van der Waals surface area (Å²) in [4.78, 5) is 42.3. The van der Waals surface area contributed by atoms with E-state index in [9.17, 15) is 14.4 Å². The lowest BCUT2D eigenvalue weighted by Crippen LogP contribution is -2.56. The Balaban J connectivity index is 1.84. The van der Waals surface area contributed by atoms with E-state index in [2.05, 4.69) is 4.99 Å². The zero-order chi connectivity index (χ0) is 20.3. The maximum absolute atomic E-state index is 12.8. The molecule has 4 amide bonds. The number of allylic oxidation sites excluding steroid dienone is 1. The van der Waals surface area contributed by atoms with Crippen molar-refractivity contribution in [3.05, 3.63) is 35.9 Å². The molecule has 0 saturated heterocycles. The van der Waals surface area contributed by atoms with Gasteiger partial charge in [-0.15, -0.1) is 4.99 Å². The first-order valence-corrected chi connectivity index (χ1v) is 8.66. The van der Waals surface area contributed by atoms with Crippen LogP contribution in [0.4, 0.5) is 4.79 Å². The topological polar surface area (TPSA) is 114 Å². The molecule has 2 N–H and O–H groups in total. The molecule has 1 atom stereocenters. The van der Waals surface area contributed by atoms with Gasteiger partial charge >= 0.3 is 11.9 Å². The normalized spacial score (nSPS) is 18.4. The predicted octanol–water partition coefficient (Wildman–Crippen LogP) is 0.362. The molecule has 9 nitrogen and oxygen atoms in total. The number of nitrogens with two attached hydrogens (primary N) is 1. The van der Waals surface area contributed by atoms with Crippen molar-refractivity contribution >= 4 is 29.9 Å². The van der Waals surface area contributed by atoms with Gasteiger partial charge in [0.15, 0.2) is 24.0 Å². The highest BCUT2D eigenvalue weighted by Crippen LogP contribution is 2.28. The molecule has 1 aromatic carbocycles. The number of ether oxygens (including phenoxy) is 2. The number of urea groups is 1. The lowest BCUT2D eigenvalue weighted by molar-refractivity contribution is -0.429. The summed E-state index contributed by atoms with van der Waals surface area (Å²) in [5.74, 6) is -0.403. The second-order valence-electron chi connectivity index (χ2n) is 6.26. The molecule has 2 aliphatic rings. The number of nitrogens with zero attached hydrogens (tertiary/aromatic N) is 3. The first kappa shape index (κ1) is 19.3. The lowest BCUT2D eigenvalue weighted by atomic mass is 10.0. The van der Waals surface area contributed by atoms with Crippen molar-refractivity contribution in [2.24, 2.45) is 16.6 Å². The van der Waals surface area contributed by atoms with E-state index < -0.39 is 17.9 Å². The van der Waals surface area contributed by atoms with Gasteiger partial charge in [0.05, 0.1) is 20.8 Å². The summed E-state index contributed by atoms with van der Waals surface area (Å²) in [6.45, 7) is -0.195. The number of dihydropyridines is 1. The third-order valence-electron chi connectivity index (χ3n) is 4.53. The Kier molecular flexibility index (Phi) is 5.53. The van der Waals surface area contributed by atoms with E-state index in [1.165, 1.54) is 13.3 Å². The van der Waals surface area contributed by atoms with Crippen LogP contribution in [0.2, 0.25) is 0 Å². The molecule has 0 spiro atoms. The average Bonchev–Trinajstić information content (AvgIpc) is 2.70. The number of methoxy groups -OCH3 is 2. The minimum absolute atomic E-state index is 0.143. The first-order valence-electron chi connectivity index (χ1n) is 8.66. The molecule has 0 bridgehead atoms. The van der Waals surface area contributed by atoms with Crippen LogP contribution in [0.15, 0.2) is 35.3 Å². The number of fused-ring (bicyclic) bond motifs is 1. The summed E-state index contributed by atoms with van der Waals surface area (Å²) in [6.07, 6.45) is 5.17. The number of aliphatic imine (C=N–C) groups is 1. The largest absolute Gasteiger partial charge is 0.493 e. The van der Waals surface area contributed by atoms with Crippen molar-refractivity contribution in [3.63, 3.8) is 0 Å².